The maximum absolute atomic E-state index is 11.3. The van der Waals surface area contributed by atoms with Crippen molar-refractivity contribution in [1.29, 1.82) is 5.41 Å². The first kappa shape index (κ1) is 23.6. The van der Waals surface area contributed by atoms with Gasteiger partial charge in [-0.05, 0) is 0 Å². The van der Waals surface area contributed by atoms with E-state index in [1.165, 1.54) is 0 Å². The molecule has 1 amide bonds. The number of amides is 1. The van der Waals surface area contributed by atoms with Crippen molar-refractivity contribution in [1.82, 2.24) is 35.2 Å². The lowest BCUT2D eigenvalue weighted by Crippen LogP contribution is -2.36. The van der Waals surface area contributed by atoms with Crippen LogP contribution in [0, 0.1) is 5.41 Å². The molecule has 0 unspecified atom stereocenters. The van der Waals surface area contributed by atoms with Crippen LogP contribution in [0.5, 0.6) is 0 Å². The molecule has 14 N–H and O–H groups in total. The normalized spacial score (nSPS) is 10.3. The lowest BCUT2D eigenvalue weighted by atomic mass is 10.1. The minimum Gasteiger partial charge on any atom is -0.382 e. The van der Waals surface area contributed by atoms with Crippen LogP contribution < -0.4 is 39.7 Å². The Morgan fingerprint density at radius 3 is 2.15 bits per heavy atom. The molecule has 3 aromatic heterocycles. The Labute approximate surface area is 196 Å². The molecule has 0 spiro atoms. The molecule has 0 saturated heterocycles. The van der Waals surface area contributed by atoms with Crippen molar-refractivity contribution in [3.8, 4) is 11.3 Å². The number of benzene rings is 1. The Kier molecular flexibility index (Phi) is 6.68. The van der Waals surface area contributed by atoms with Crippen molar-refractivity contribution in [3.63, 3.8) is 0 Å². The third-order valence-corrected chi connectivity index (χ3v) is 4.30. The van der Waals surface area contributed by atoms with Crippen LogP contribution >= 0.6 is 11.6 Å². The number of nitrogens with zero attached hydrogens (tertiary/aromatic N) is 6. The second-order valence-corrected chi connectivity index (χ2v) is 6.82. The minimum absolute atomic E-state index is 0.0474. The number of aromatic nitrogens is 6. The first-order chi connectivity index (χ1) is 16.1. The van der Waals surface area contributed by atoms with Crippen LogP contribution in [0.1, 0.15) is 10.5 Å². The van der Waals surface area contributed by atoms with Crippen LogP contribution in [-0.4, -0.2) is 41.8 Å². The molecule has 0 atom stereocenters. The fraction of sp³-hybridized carbons (Fsp3) is 0. The number of rotatable bonds is 2. The van der Waals surface area contributed by atoms with E-state index in [2.05, 4.69) is 29.9 Å². The van der Waals surface area contributed by atoms with E-state index in [0.29, 0.717) is 16.9 Å². The van der Waals surface area contributed by atoms with E-state index in [9.17, 15) is 4.79 Å². The summed E-state index contributed by atoms with van der Waals surface area (Å²) < 4.78 is 0. The van der Waals surface area contributed by atoms with Gasteiger partial charge >= 0.3 is 0 Å². The summed E-state index contributed by atoms with van der Waals surface area (Å²) in [6, 6.07) is 9.47. The Morgan fingerprint density at radius 2 is 1.50 bits per heavy atom. The van der Waals surface area contributed by atoms with Crippen LogP contribution in [0.4, 0.5) is 29.2 Å². The number of nitrogens with two attached hydrogens (primary N) is 6. The number of carbonyl (C=O) groups is 1. The quantitative estimate of drug-likeness (QED) is 0.135. The molecule has 0 radical (unpaired) electrons. The highest BCUT2D eigenvalue weighted by Crippen LogP contribution is 2.26. The smallest absolute Gasteiger partial charge is 0.280 e. The van der Waals surface area contributed by atoms with Crippen molar-refractivity contribution < 1.29 is 4.79 Å². The summed E-state index contributed by atoms with van der Waals surface area (Å²) in [5.74, 6) is -1.05. The Balaban J connectivity index is 0.000000197. The maximum Gasteiger partial charge on any atom is 0.280 e. The molecule has 4 aromatic rings. The van der Waals surface area contributed by atoms with E-state index in [1.54, 1.807) is 0 Å². The molecule has 0 saturated carbocycles. The molecule has 0 aliphatic heterocycles. The maximum atomic E-state index is 11.3. The average molecular weight is 483 g/mol. The summed E-state index contributed by atoms with van der Waals surface area (Å²) in [4.78, 5) is 34.9. The Morgan fingerprint density at radius 1 is 0.824 bits per heavy atom. The van der Waals surface area contributed by atoms with Crippen molar-refractivity contribution in [2.24, 2.45) is 5.73 Å². The fourth-order valence-electron chi connectivity index (χ4n) is 2.60. The van der Waals surface area contributed by atoms with Gasteiger partial charge in [0.05, 0.1) is 0 Å². The number of anilines is 5. The predicted molar refractivity (Wildman–Crippen MR) is 129 cm³/mol. The lowest BCUT2D eigenvalue weighted by Gasteiger charge is -2.07. The first-order valence-electron chi connectivity index (χ1n) is 9.22. The van der Waals surface area contributed by atoms with Gasteiger partial charge in [0.15, 0.2) is 51.2 Å². The molecule has 16 heteroatoms. The SMILES string of the molecule is N=C(N)NC(=O)c1nc(Cl)c(N)nc1N.Nc1nc(N)c2nc(-c3ccccc3)c(N)nc2n1. The van der Waals surface area contributed by atoms with Crippen LogP contribution in [0.3, 0.4) is 0 Å². The monoisotopic (exact) mass is 482 g/mol. The largest absolute Gasteiger partial charge is 0.382 e. The minimum atomic E-state index is -0.769. The van der Waals surface area contributed by atoms with E-state index in [-0.39, 0.29) is 40.1 Å². The summed E-state index contributed by atoms with van der Waals surface area (Å²) in [5, 5.41) is 8.69. The van der Waals surface area contributed by atoms with Gasteiger partial charge in [-0.2, -0.15) is 9.97 Å². The van der Waals surface area contributed by atoms with E-state index >= 15 is 0 Å². The van der Waals surface area contributed by atoms with Gasteiger partial charge in [0, 0.05) is 5.56 Å². The summed E-state index contributed by atoms with van der Waals surface area (Å²) in [6.07, 6.45) is 0. The fourth-order valence-corrected chi connectivity index (χ4v) is 2.72. The zero-order chi connectivity index (χ0) is 25.0. The van der Waals surface area contributed by atoms with Crippen molar-refractivity contribution in [2.75, 3.05) is 28.7 Å². The number of hydrogen-bond donors (Lipinski definition) is 8. The number of nitrogen functional groups attached to an aromatic ring is 5. The van der Waals surface area contributed by atoms with Gasteiger partial charge in [0.25, 0.3) is 5.91 Å². The number of hydrogen-bond acceptors (Lipinski definition) is 13. The summed E-state index contributed by atoms with van der Waals surface area (Å²) >= 11 is 5.55. The molecule has 1 aromatic carbocycles. The molecule has 3 heterocycles. The van der Waals surface area contributed by atoms with Gasteiger partial charge in [0.1, 0.15) is 5.69 Å². The molecule has 0 aliphatic carbocycles. The van der Waals surface area contributed by atoms with Crippen molar-refractivity contribution in [2.45, 2.75) is 0 Å². The predicted octanol–water partition coefficient (Wildman–Crippen LogP) is -0.249. The lowest BCUT2D eigenvalue weighted by molar-refractivity contribution is 0.0972. The molecule has 15 nitrogen and oxygen atoms in total. The summed E-state index contributed by atoms with van der Waals surface area (Å²) in [6.45, 7) is 0. The third kappa shape index (κ3) is 5.22. The van der Waals surface area contributed by atoms with Gasteiger partial charge in [-0.1, -0.05) is 41.9 Å². The van der Waals surface area contributed by atoms with Gasteiger partial charge in [-0.3, -0.25) is 15.5 Å². The van der Waals surface area contributed by atoms with E-state index in [0.717, 1.165) is 5.56 Å². The molecule has 174 valence electrons. The zero-order valence-corrected chi connectivity index (χ0v) is 18.1. The molecule has 0 aliphatic rings. The standard InChI is InChI=1S/C12H11N7.C6H8ClN7O/c13-9-7(6-4-2-1-3-5-6)16-8-10(14)18-12(15)19-11(8)17-9;7-2-4(9)13-3(8)1(12-2)5(15)14-6(10)11/h1-5H,(H6,13,14,15,17,18,19);(H4,8,9,13)(H4,10,11,14,15). The van der Waals surface area contributed by atoms with Gasteiger partial charge in [-0.25, -0.2) is 19.9 Å². The Hall–Kier alpha value is -5.05. The summed E-state index contributed by atoms with van der Waals surface area (Å²) in [7, 11) is 0. The topological polar surface area (TPSA) is 286 Å². The molecule has 0 fully saturated rings. The second kappa shape index (κ2) is 9.61. The average Bonchev–Trinajstić information content (AvgIpc) is 2.76. The van der Waals surface area contributed by atoms with Crippen LogP contribution in [0.15, 0.2) is 30.3 Å². The van der Waals surface area contributed by atoms with Crippen LogP contribution in [0.25, 0.3) is 22.4 Å². The second-order valence-electron chi connectivity index (χ2n) is 6.46. The number of nitrogens with one attached hydrogen (secondary N) is 2. The number of halogens is 1. The first-order valence-corrected chi connectivity index (χ1v) is 9.60. The van der Waals surface area contributed by atoms with E-state index < -0.39 is 11.9 Å². The zero-order valence-electron chi connectivity index (χ0n) is 17.3. The highest BCUT2D eigenvalue weighted by molar-refractivity contribution is 6.31. The molecule has 34 heavy (non-hydrogen) atoms. The van der Waals surface area contributed by atoms with Gasteiger partial charge < -0.3 is 34.4 Å². The van der Waals surface area contributed by atoms with Gasteiger partial charge in [-0.15, -0.1) is 0 Å². The number of carbonyl (C=O) groups excluding carboxylic acids is 1. The molecular formula is C18H19ClN14O. The Bertz CT molecular complexity index is 1400. The number of guanidine groups is 1. The van der Waals surface area contributed by atoms with Crippen LogP contribution in [0.2, 0.25) is 5.15 Å². The molecule has 4 rings (SSSR count). The summed E-state index contributed by atoms with van der Waals surface area (Å²) in [5.41, 5.74) is 34.7. The highest BCUT2D eigenvalue weighted by atomic mass is 35.5. The van der Waals surface area contributed by atoms with E-state index in [1.807, 2.05) is 35.6 Å². The molecule has 0 bridgehead atoms. The van der Waals surface area contributed by atoms with Gasteiger partial charge in [0.2, 0.25) is 5.95 Å². The van der Waals surface area contributed by atoms with Crippen molar-refractivity contribution >= 4 is 63.9 Å². The highest BCUT2D eigenvalue weighted by Gasteiger charge is 2.16. The molecular weight excluding hydrogens is 464 g/mol. The van der Waals surface area contributed by atoms with E-state index in [4.69, 9.17) is 51.4 Å². The third-order valence-electron chi connectivity index (χ3n) is 4.02. The van der Waals surface area contributed by atoms with Crippen molar-refractivity contribution in [3.05, 3.63) is 41.2 Å². The van der Waals surface area contributed by atoms with Crippen LogP contribution in [-0.2, 0) is 0 Å². The number of fused-ring (bicyclic) bond motifs is 1.